The summed E-state index contributed by atoms with van der Waals surface area (Å²) in [5, 5.41) is 9.35. The van der Waals surface area contributed by atoms with Gasteiger partial charge in [-0.2, -0.15) is 0 Å². The SMILES string of the molecule is C.C=CC(=O)OC(O)COOCC(C)CC(CC)c1ccccc1.CCCC. The molecule has 5 heteroatoms. The topological polar surface area (TPSA) is 65.0 Å². The number of aliphatic hydroxyl groups is 1. The Hall–Kier alpha value is -1.69. The van der Waals surface area contributed by atoms with Crippen molar-refractivity contribution in [3.8, 4) is 0 Å². The van der Waals surface area contributed by atoms with E-state index in [1.165, 1.54) is 18.4 Å². The van der Waals surface area contributed by atoms with E-state index < -0.39 is 12.3 Å². The predicted molar refractivity (Wildman–Crippen MR) is 115 cm³/mol. The van der Waals surface area contributed by atoms with Crippen LogP contribution in [0, 0.1) is 5.92 Å². The number of benzene rings is 1. The molecule has 0 aromatic heterocycles. The standard InChI is InChI=1S/C18H26O5.C4H10.CH4/c1-4-15(16-9-7-6-8-10-16)11-14(3)12-21-22-13-18(20)23-17(19)5-2;1-3-4-2;/h5-10,14-15,18,20H,2,4,11-13H2,1,3H3;3-4H2,1-2H3;1H4. The molecule has 0 fully saturated rings. The molecule has 0 saturated carbocycles. The molecule has 3 unspecified atom stereocenters. The van der Waals surface area contributed by atoms with Gasteiger partial charge >= 0.3 is 5.97 Å². The van der Waals surface area contributed by atoms with E-state index in [-0.39, 0.29) is 14.0 Å². The monoisotopic (exact) mass is 396 g/mol. The molecule has 1 aromatic carbocycles. The Balaban J connectivity index is 0. The van der Waals surface area contributed by atoms with Crippen LogP contribution in [-0.2, 0) is 19.3 Å². The van der Waals surface area contributed by atoms with Crippen molar-refractivity contribution >= 4 is 5.97 Å². The van der Waals surface area contributed by atoms with Gasteiger partial charge in [0, 0.05) is 6.08 Å². The van der Waals surface area contributed by atoms with Crippen LogP contribution in [0.25, 0.3) is 0 Å². The van der Waals surface area contributed by atoms with Gasteiger partial charge in [-0.05, 0) is 30.2 Å². The summed E-state index contributed by atoms with van der Waals surface area (Å²) in [5.41, 5.74) is 1.33. The van der Waals surface area contributed by atoms with Crippen LogP contribution in [0.3, 0.4) is 0 Å². The van der Waals surface area contributed by atoms with Gasteiger partial charge in [-0.25, -0.2) is 14.6 Å². The van der Waals surface area contributed by atoms with Crippen molar-refractivity contribution in [2.45, 2.75) is 73.0 Å². The molecule has 1 N–H and O–H groups in total. The van der Waals surface area contributed by atoms with Crippen LogP contribution in [0.5, 0.6) is 0 Å². The first kappa shape index (κ1) is 28.5. The molecule has 0 bridgehead atoms. The first-order valence-corrected chi connectivity index (χ1v) is 9.78. The number of hydrogen-bond acceptors (Lipinski definition) is 5. The number of aliphatic hydroxyl groups excluding tert-OH is 1. The van der Waals surface area contributed by atoms with E-state index in [9.17, 15) is 9.90 Å². The van der Waals surface area contributed by atoms with E-state index in [1.807, 2.05) is 18.2 Å². The summed E-state index contributed by atoms with van der Waals surface area (Å²) in [4.78, 5) is 20.8. The lowest BCUT2D eigenvalue weighted by Crippen LogP contribution is -2.23. The third-order valence-electron chi connectivity index (χ3n) is 4.02. The third-order valence-corrected chi connectivity index (χ3v) is 4.02. The molecular weight excluding hydrogens is 356 g/mol. The van der Waals surface area contributed by atoms with E-state index in [1.54, 1.807) is 0 Å². The zero-order valence-corrected chi connectivity index (χ0v) is 17.2. The van der Waals surface area contributed by atoms with Crippen LogP contribution in [-0.4, -0.2) is 30.6 Å². The zero-order chi connectivity index (χ0) is 20.5. The fourth-order valence-corrected chi connectivity index (χ4v) is 2.30. The summed E-state index contributed by atoms with van der Waals surface area (Å²) < 4.78 is 4.54. The fourth-order valence-electron chi connectivity index (χ4n) is 2.30. The highest BCUT2D eigenvalue weighted by atomic mass is 17.2. The largest absolute Gasteiger partial charge is 0.430 e. The quantitative estimate of drug-likeness (QED) is 0.124. The minimum atomic E-state index is -1.36. The van der Waals surface area contributed by atoms with Gasteiger partial charge in [0.1, 0.15) is 6.61 Å². The van der Waals surface area contributed by atoms with Crippen LogP contribution in [0.15, 0.2) is 43.0 Å². The Morgan fingerprint density at radius 3 is 2.18 bits per heavy atom. The number of unbranched alkanes of at least 4 members (excludes halogenated alkanes) is 1. The van der Waals surface area contributed by atoms with Crippen molar-refractivity contribution in [3.63, 3.8) is 0 Å². The van der Waals surface area contributed by atoms with Crippen molar-refractivity contribution in [1.29, 1.82) is 0 Å². The van der Waals surface area contributed by atoms with Crippen LogP contribution >= 0.6 is 0 Å². The normalized spacial score (nSPS) is 13.2. The Morgan fingerprint density at radius 1 is 1.11 bits per heavy atom. The summed E-state index contributed by atoms with van der Waals surface area (Å²) in [5.74, 6) is 0.0741. The van der Waals surface area contributed by atoms with Gasteiger partial charge in [-0.1, -0.05) is 84.9 Å². The van der Waals surface area contributed by atoms with Crippen molar-refractivity contribution < 1.29 is 24.4 Å². The van der Waals surface area contributed by atoms with Gasteiger partial charge in [0.25, 0.3) is 0 Å². The van der Waals surface area contributed by atoms with Crippen molar-refractivity contribution in [3.05, 3.63) is 48.6 Å². The molecule has 0 aliphatic carbocycles. The number of carbonyl (C=O) groups is 1. The molecule has 162 valence electrons. The van der Waals surface area contributed by atoms with E-state index in [0.29, 0.717) is 18.4 Å². The minimum absolute atomic E-state index is 0. The molecule has 0 aliphatic rings. The van der Waals surface area contributed by atoms with Crippen molar-refractivity contribution in [1.82, 2.24) is 0 Å². The lowest BCUT2D eigenvalue weighted by Gasteiger charge is -2.20. The first-order valence-electron chi connectivity index (χ1n) is 9.78. The highest BCUT2D eigenvalue weighted by Crippen LogP contribution is 2.26. The number of carbonyl (C=O) groups excluding carboxylic acids is 1. The maximum atomic E-state index is 10.9. The lowest BCUT2D eigenvalue weighted by molar-refractivity contribution is -0.325. The van der Waals surface area contributed by atoms with E-state index in [4.69, 9.17) is 9.78 Å². The molecule has 1 aromatic rings. The average Bonchev–Trinajstić information content (AvgIpc) is 2.70. The van der Waals surface area contributed by atoms with Gasteiger partial charge < -0.3 is 9.84 Å². The highest BCUT2D eigenvalue weighted by molar-refractivity contribution is 5.81. The second-order valence-electron chi connectivity index (χ2n) is 6.52. The molecule has 0 aliphatic heterocycles. The number of rotatable bonds is 12. The summed E-state index contributed by atoms with van der Waals surface area (Å²) in [6.07, 6.45) is 4.30. The van der Waals surface area contributed by atoms with Crippen molar-refractivity contribution in [2.24, 2.45) is 5.92 Å². The predicted octanol–water partition coefficient (Wildman–Crippen LogP) is 5.64. The van der Waals surface area contributed by atoms with E-state index >= 15 is 0 Å². The van der Waals surface area contributed by atoms with Gasteiger partial charge in [0.15, 0.2) is 0 Å². The fraction of sp³-hybridized carbons (Fsp3) is 0.609. The minimum Gasteiger partial charge on any atom is -0.430 e. The molecule has 0 radical (unpaired) electrons. The number of ether oxygens (including phenoxy) is 1. The molecule has 0 amide bonds. The Labute approximate surface area is 171 Å². The van der Waals surface area contributed by atoms with Crippen LogP contribution in [0.1, 0.15) is 72.3 Å². The summed E-state index contributed by atoms with van der Waals surface area (Å²) in [7, 11) is 0. The molecule has 5 nitrogen and oxygen atoms in total. The van der Waals surface area contributed by atoms with Gasteiger partial charge in [-0.15, -0.1) is 0 Å². The Bertz CT molecular complexity index is 487. The highest BCUT2D eigenvalue weighted by Gasteiger charge is 2.15. The molecule has 0 heterocycles. The lowest BCUT2D eigenvalue weighted by atomic mass is 9.88. The van der Waals surface area contributed by atoms with Crippen molar-refractivity contribution in [2.75, 3.05) is 13.2 Å². The maximum absolute atomic E-state index is 10.9. The smallest absolute Gasteiger partial charge is 0.332 e. The van der Waals surface area contributed by atoms with Gasteiger partial charge in [0.05, 0.1) is 6.61 Å². The summed E-state index contributed by atoms with van der Waals surface area (Å²) in [6.45, 7) is 12.0. The second kappa shape index (κ2) is 18.7. The molecule has 28 heavy (non-hydrogen) atoms. The number of hydrogen-bond donors (Lipinski definition) is 1. The molecule has 0 spiro atoms. The summed E-state index contributed by atoms with van der Waals surface area (Å²) in [6, 6.07) is 10.4. The molecular formula is C23H40O5. The van der Waals surface area contributed by atoms with Gasteiger partial charge in [-0.3, -0.25) is 0 Å². The average molecular weight is 397 g/mol. The maximum Gasteiger partial charge on any atom is 0.332 e. The van der Waals surface area contributed by atoms with Gasteiger partial charge in [0.2, 0.25) is 6.29 Å². The molecule has 3 atom stereocenters. The van der Waals surface area contributed by atoms with E-state index in [2.05, 4.69) is 51.1 Å². The molecule has 0 saturated heterocycles. The van der Waals surface area contributed by atoms with Crippen LogP contribution in [0.4, 0.5) is 0 Å². The van der Waals surface area contributed by atoms with E-state index in [0.717, 1.165) is 18.9 Å². The third kappa shape index (κ3) is 14.4. The zero-order valence-electron chi connectivity index (χ0n) is 17.2. The van der Waals surface area contributed by atoms with Crippen LogP contribution < -0.4 is 0 Å². The molecule has 1 rings (SSSR count). The first-order chi connectivity index (χ1) is 13.0. The Morgan fingerprint density at radius 2 is 1.68 bits per heavy atom. The van der Waals surface area contributed by atoms with Crippen LogP contribution in [0.2, 0.25) is 0 Å². The second-order valence-corrected chi connectivity index (χ2v) is 6.52. The summed E-state index contributed by atoms with van der Waals surface area (Å²) >= 11 is 0. The Kier molecular flexibility index (Phi) is 19.0. The number of esters is 1.